The second kappa shape index (κ2) is 6.69. The van der Waals surface area contributed by atoms with Gasteiger partial charge in [-0.05, 0) is 31.6 Å². The second-order valence-electron chi connectivity index (χ2n) is 5.34. The minimum absolute atomic E-state index is 0.518. The van der Waals surface area contributed by atoms with Crippen LogP contribution in [0.1, 0.15) is 25.0 Å². The normalized spacial score (nSPS) is 12.0. The number of pyridine rings is 1. The van der Waals surface area contributed by atoms with Crippen molar-refractivity contribution in [3.63, 3.8) is 0 Å². The van der Waals surface area contributed by atoms with Crippen LogP contribution in [0.25, 0.3) is 27.9 Å². The molecular formula is C19H15ClN4. The van der Waals surface area contributed by atoms with Gasteiger partial charge in [-0.2, -0.15) is 10.4 Å². The van der Waals surface area contributed by atoms with Crippen molar-refractivity contribution in [2.45, 2.75) is 13.8 Å². The lowest BCUT2D eigenvalue weighted by atomic mass is 9.94. The molecule has 2 aromatic heterocycles. The summed E-state index contributed by atoms with van der Waals surface area (Å²) in [6.45, 7) is 3.93. The maximum absolute atomic E-state index is 9.80. The summed E-state index contributed by atoms with van der Waals surface area (Å²) in [5.74, 6) is 0. The van der Waals surface area contributed by atoms with Gasteiger partial charge < -0.3 is 0 Å². The number of hydrogen-bond donors (Lipinski definition) is 1. The summed E-state index contributed by atoms with van der Waals surface area (Å²) >= 11 is 6.11. The molecule has 0 saturated heterocycles. The van der Waals surface area contributed by atoms with Gasteiger partial charge in [-0.3, -0.25) is 5.10 Å². The van der Waals surface area contributed by atoms with Crippen LogP contribution in [-0.4, -0.2) is 15.2 Å². The molecule has 0 amide bonds. The Morgan fingerprint density at radius 3 is 2.92 bits per heavy atom. The molecule has 0 atom stereocenters. The first-order chi connectivity index (χ1) is 11.7. The summed E-state index contributed by atoms with van der Waals surface area (Å²) in [6, 6.07) is 9.65. The van der Waals surface area contributed by atoms with Gasteiger partial charge in [0.05, 0.1) is 17.5 Å². The molecule has 5 heteroatoms. The molecule has 2 heterocycles. The van der Waals surface area contributed by atoms with Gasteiger partial charge in [0, 0.05) is 21.5 Å². The third-order valence-electron chi connectivity index (χ3n) is 3.74. The molecule has 0 saturated carbocycles. The molecule has 24 heavy (non-hydrogen) atoms. The quantitative estimate of drug-likeness (QED) is 0.675. The maximum atomic E-state index is 9.80. The average Bonchev–Trinajstić information content (AvgIpc) is 3.06. The van der Waals surface area contributed by atoms with Gasteiger partial charge in [-0.25, -0.2) is 4.98 Å². The van der Waals surface area contributed by atoms with E-state index in [-0.39, 0.29) is 0 Å². The minimum atomic E-state index is 0.518. The molecular weight excluding hydrogens is 320 g/mol. The summed E-state index contributed by atoms with van der Waals surface area (Å²) in [5, 5.41) is 18.2. The number of nitriles is 1. The first-order valence-corrected chi connectivity index (χ1v) is 7.86. The third-order valence-corrected chi connectivity index (χ3v) is 3.98. The fourth-order valence-electron chi connectivity index (χ4n) is 2.66. The lowest BCUT2D eigenvalue weighted by Crippen LogP contribution is -1.97. The molecule has 3 aromatic rings. The Labute approximate surface area is 145 Å². The van der Waals surface area contributed by atoms with E-state index in [4.69, 9.17) is 11.6 Å². The molecule has 3 rings (SSSR count). The molecule has 1 N–H and O–H groups in total. The van der Waals surface area contributed by atoms with Crippen molar-refractivity contribution in [2.75, 3.05) is 0 Å². The van der Waals surface area contributed by atoms with E-state index in [9.17, 15) is 5.26 Å². The molecule has 118 valence electrons. The Bertz CT molecular complexity index is 1010. The average molecular weight is 335 g/mol. The number of hydrogen-bond acceptors (Lipinski definition) is 3. The molecule has 0 aliphatic heterocycles. The van der Waals surface area contributed by atoms with Crippen LogP contribution in [-0.2, 0) is 0 Å². The number of H-pyrrole nitrogens is 1. The predicted molar refractivity (Wildman–Crippen MR) is 97.5 cm³/mol. The van der Waals surface area contributed by atoms with Crippen molar-refractivity contribution in [3.8, 4) is 17.3 Å². The van der Waals surface area contributed by atoms with E-state index in [0.717, 1.165) is 22.1 Å². The van der Waals surface area contributed by atoms with Gasteiger partial charge >= 0.3 is 0 Å². The van der Waals surface area contributed by atoms with E-state index in [0.29, 0.717) is 21.9 Å². The highest BCUT2D eigenvalue weighted by Crippen LogP contribution is 2.33. The van der Waals surface area contributed by atoms with Crippen LogP contribution >= 0.6 is 11.6 Å². The number of allylic oxidation sites excluding steroid dienone is 4. The van der Waals surface area contributed by atoms with Crippen molar-refractivity contribution < 1.29 is 0 Å². The van der Waals surface area contributed by atoms with Crippen LogP contribution in [0.3, 0.4) is 0 Å². The van der Waals surface area contributed by atoms with Gasteiger partial charge in [0.2, 0.25) is 0 Å². The summed E-state index contributed by atoms with van der Waals surface area (Å²) in [5.41, 5.74) is 4.37. The first kappa shape index (κ1) is 16.0. The van der Waals surface area contributed by atoms with E-state index in [2.05, 4.69) is 21.3 Å². The van der Waals surface area contributed by atoms with Gasteiger partial charge in [-0.1, -0.05) is 42.0 Å². The number of aromatic amines is 1. The van der Waals surface area contributed by atoms with Crippen molar-refractivity contribution in [3.05, 3.63) is 64.8 Å². The number of benzene rings is 1. The fourth-order valence-corrected chi connectivity index (χ4v) is 2.85. The molecule has 1 aromatic carbocycles. The van der Waals surface area contributed by atoms with E-state index in [1.54, 1.807) is 12.3 Å². The predicted octanol–water partition coefficient (Wildman–Crippen LogP) is 5.13. The number of rotatable bonds is 3. The van der Waals surface area contributed by atoms with Gasteiger partial charge in [0.1, 0.15) is 6.07 Å². The molecule has 0 radical (unpaired) electrons. The molecule has 0 bridgehead atoms. The standard InChI is InChI=1S/C19H15ClN4/c1-3-4-6-12(2)17-15(10-21)18(13-7-5-8-14(20)9-13)23-19-16(17)11-22-24-19/h3-9,11H,1-2H3,(H,22,23,24)/b4-3-,12-6+. The Morgan fingerprint density at radius 2 is 2.21 bits per heavy atom. The van der Waals surface area contributed by atoms with Crippen molar-refractivity contribution in [2.24, 2.45) is 0 Å². The highest BCUT2D eigenvalue weighted by molar-refractivity contribution is 6.30. The van der Waals surface area contributed by atoms with Crippen LogP contribution in [0.2, 0.25) is 5.02 Å². The van der Waals surface area contributed by atoms with E-state index in [1.807, 2.05) is 50.3 Å². The first-order valence-electron chi connectivity index (χ1n) is 7.48. The van der Waals surface area contributed by atoms with Crippen molar-refractivity contribution >= 4 is 28.2 Å². The Morgan fingerprint density at radius 1 is 1.38 bits per heavy atom. The van der Waals surface area contributed by atoms with E-state index in [1.165, 1.54) is 0 Å². The molecule has 0 unspecified atom stereocenters. The van der Waals surface area contributed by atoms with Crippen LogP contribution in [0, 0.1) is 11.3 Å². The van der Waals surface area contributed by atoms with Crippen LogP contribution < -0.4 is 0 Å². The molecule has 0 spiro atoms. The number of fused-ring (bicyclic) bond motifs is 1. The zero-order valence-electron chi connectivity index (χ0n) is 13.3. The van der Waals surface area contributed by atoms with E-state index < -0.39 is 0 Å². The Kier molecular flexibility index (Phi) is 4.45. The van der Waals surface area contributed by atoms with Crippen LogP contribution in [0.15, 0.2) is 48.7 Å². The fraction of sp³-hybridized carbons (Fsp3) is 0.105. The second-order valence-corrected chi connectivity index (χ2v) is 5.78. The summed E-state index contributed by atoms with van der Waals surface area (Å²) in [6.07, 6.45) is 7.57. The lowest BCUT2D eigenvalue weighted by Gasteiger charge is -2.11. The maximum Gasteiger partial charge on any atom is 0.156 e. The molecule has 4 nitrogen and oxygen atoms in total. The van der Waals surface area contributed by atoms with Gasteiger partial charge in [0.25, 0.3) is 0 Å². The number of halogens is 1. The van der Waals surface area contributed by atoms with Gasteiger partial charge in [0.15, 0.2) is 5.65 Å². The Hall–Kier alpha value is -2.90. The zero-order chi connectivity index (χ0) is 17.1. The Balaban J connectivity index is 2.38. The molecule has 0 aliphatic rings. The number of nitrogens with one attached hydrogen (secondary N) is 1. The molecule has 0 fully saturated rings. The molecule has 0 aliphatic carbocycles. The van der Waals surface area contributed by atoms with Gasteiger partial charge in [-0.15, -0.1) is 0 Å². The highest BCUT2D eigenvalue weighted by atomic mass is 35.5. The number of nitrogens with zero attached hydrogens (tertiary/aromatic N) is 3. The van der Waals surface area contributed by atoms with E-state index >= 15 is 0 Å². The topological polar surface area (TPSA) is 65.4 Å². The van der Waals surface area contributed by atoms with Crippen molar-refractivity contribution in [1.82, 2.24) is 15.2 Å². The summed E-state index contributed by atoms with van der Waals surface area (Å²) in [4.78, 5) is 4.60. The third kappa shape index (κ3) is 2.82. The highest BCUT2D eigenvalue weighted by Gasteiger charge is 2.18. The zero-order valence-corrected chi connectivity index (χ0v) is 14.1. The number of aromatic nitrogens is 3. The summed E-state index contributed by atoms with van der Waals surface area (Å²) in [7, 11) is 0. The van der Waals surface area contributed by atoms with Crippen LogP contribution in [0.4, 0.5) is 0 Å². The van der Waals surface area contributed by atoms with Crippen molar-refractivity contribution in [1.29, 1.82) is 5.26 Å². The largest absolute Gasteiger partial charge is 0.261 e. The van der Waals surface area contributed by atoms with Crippen LogP contribution in [0.5, 0.6) is 0 Å². The monoisotopic (exact) mass is 334 g/mol. The SMILES string of the molecule is C/C=C\C=C(/C)c1c(C#N)c(-c2cccc(Cl)c2)nc2[nH]ncc12. The smallest absolute Gasteiger partial charge is 0.156 e. The minimum Gasteiger partial charge on any atom is -0.261 e. The lowest BCUT2D eigenvalue weighted by molar-refractivity contribution is 1.10. The summed E-state index contributed by atoms with van der Waals surface area (Å²) < 4.78 is 0.